The fraction of sp³-hybridized carbons (Fsp3) is 0.316. The number of hydrogen-bond donors (Lipinski definition) is 0. The number of nitrogens with zero attached hydrogens (tertiary/aromatic N) is 3. The summed E-state index contributed by atoms with van der Waals surface area (Å²) < 4.78 is 0. The molecule has 0 saturated heterocycles. The van der Waals surface area contributed by atoms with Gasteiger partial charge in [-0.05, 0) is 43.0 Å². The molecule has 24 heavy (non-hydrogen) atoms. The van der Waals surface area contributed by atoms with Gasteiger partial charge in [0.25, 0.3) is 0 Å². The third-order valence-electron chi connectivity index (χ3n) is 3.74. The van der Waals surface area contributed by atoms with E-state index in [2.05, 4.69) is 16.0 Å². The van der Waals surface area contributed by atoms with Gasteiger partial charge in [0.05, 0.1) is 6.07 Å². The minimum absolute atomic E-state index is 0.0494. The van der Waals surface area contributed by atoms with Gasteiger partial charge in [-0.25, -0.2) is 0 Å². The summed E-state index contributed by atoms with van der Waals surface area (Å²) in [6, 6.07) is 9.29. The van der Waals surface area contributed by atoms with Crippen molar-refractivity contribution in [2.24, 2.45) is 0 Å². The van der Waals surface area contributed by atoms with Crippen molar-refractivity contribution >= 4 is 11.6 Å². The second-order valence-corrected chi connectivity index (χ2v) is 5.54. The van der Waals surface area contributed by atoms with Crippen molar-refractivity contribution < 1.29 is 9.59 Å². The van der Waals surface area contributed by atoms with Crippen molar-refractivity contribution in [2.45, 2.75) is 39.0 Å². The average molecular weight is 321 g/mol. The molecule has 2 heterocycles. The molecule has 2 aromatic heterocycles. The van der Waals surface area contributed by atoms with E-state index in [4.69, 9.17) is 5.26 Å². The van der Waals surface area contributed by atoms with Gasteiger partial charge in [-0.3, -0.25) is 19.6 Å². The lowest BCUT2D eigenvalue weighted by molar-refractivity contribution is 0.0951. The summed E-state index contributed by atoms with van der Waals surface area (Å²) in [6.07, 6.45) is 5.03. The summed E-state index contributed by atoms with van der Waals surface area (Å²) in [7, 11) is 0. The molecule has 2 aromatic rings. The Morgan fingerprint density at radius 2 is 1.67 bits per heavy atom. The van der Waals surface area contributed by atoms with E-state index in [9.17, 15) is 9.59 Å². The number of nitriles is 1. The lowest BCUT2D eigenvalue weighted by Crippen LogP contribution is -2.09. The third-order valence-corrected chi connectivity index (χ3v) is 3.74. The normalized spacial score (nSPS) is 10.2. The van der Waals surface area contributed by atoms with E-state index in [1.54, 1.807) is 24.5 Å². The van der Waals surface area contributed by atoms with Gasteiger partial charge in [-0.1, -0.05) is 12.1 Å². The van der Waals surface area contributed by atoms with Crippen LogP contribution < -0.4 is 0 Å². The van der Waals surface area contributed by atoms with E-state index in [0.29, 0.717) is 30.7 Å². The maximum atomic E-state index is 12.3. The van der Waals surface area contributed by atoms with Crippen LogP contribution in [0.25, 0.3) is 0 Å². The number of aromatic nitrogens is 2. The molecule has 5 heteroatoms. The van der Waals surface area contributed by atoms with Crippen LogP contribution in [-0.4, -0.2) is 21.5 Å². The van der Waals surface area contributed by atoms with Crippen molar-refractivity contribution in [3.63, 3.8) is 0 Å². The van der Waals surface area contributed by atoms with Crippen LogP contribution in [0.1, 0.15) is 57.8 Å². The lowest BCUT2D eigenvalue weighted by atomic mass is 10.0. The highest BCUT2D eigenvalue weighted by Gasteiger charge is 2.15. The van der Waals surface area contributed by atoms with Crippen molar-refractivity contribution in [1.82, 2.24) is 9.97 Å². The van der Waals surface area contributed by atoms with Gasteiger partial charge in [0.2, 0.25) is 0 Å². The first-order valence-electron chi connectivity index (χ1n) is 7.92. The van der Waals surface area contributed by atoms with Crippen LogP contribution in [0.5, 0.6) is 0 Å². The van der Waals surface area contributed by atoms with Crippen LogP contribution in [0.4, 0.5) is 0 Å². The largest absolute Gasteiger partial charge is 0.292 e. The van der Waals surface area contributed by atoms with E-state index >= 15 is 0 Å². The monoisotopic (exact) mass is 321 g/mol. The number of pyridine rings is 2. The molecule has 0 unspecified atom stereocenters. The predicted molar refractivity (Wildman–Crippen MR) is 89.7 cm³/mol. The number of aryl methyl sites for hydroxylation is 2. The standard InChI is InChI=1S/C19H19N3O2/c1-14-6-4-12-21-18(14)16(23)9-2-10-17(24)19-15(7-3-11-20)8-5-13-22-19/h4-6,8,12-13H,2-3,7,9-10H2,1H3. The Hall–Kier alpha value is -2.87. The molecule has 0 aliphatic heterocycles. The first-order chi connectivity index (χ1) is 11.6. The summed E-state index contributed by atoms with van der Waals surface area (Å²) >= 11 is 0. The number of carbonyl (C=O) groups excluding carboxylic acids is 2. The summed E-state index contributed by atoms with van der Waals surface area (Å²) in [6.45, 7) is 1.85. The quantitative estimate of drug-likeness (QED) is 0.695. The number of Topliss-reactive ketones (excluding diaryl/α,β-unsaturated/α-hetero) is 2. The van der Waals surface area contributed by atoms with E-state index in [-0.39, 0.29) is 24.4 Å². The highest BCUT2D eigenvalue weighted by Crippen LogP contribution is 2.14. The third kappa shape index (κ3) is 4.56. The molecular weight excluding hydrogens is 302 g/mol. The van der Waals surface area contributed by atoms with Gasteiger partial charge >= 0.3 is 0 Å². The zero-order valence-electron chi connectivity index (χ0n) is 13.7. The molecule has 0 spiro atoms. The molecule has 0 radical (unpaired) electrons. The highest BCUT2D eigenvalue weighted by molar-refractivity contribution is 5.97. The second kappa shape index (κ2) is 8.68. The Morgan fingerprint density at radius 1 is 1.04 bits per heavy atom. The first kappa shape index (κ1) is 17.5. The lowest BCUT2D eigenvalue weighted by Gasteiger charge is -2.06. The van der Waals surface area contributed by atoms with Crippen molar-refractivity contribution in [2.75, 3.05) is 0 Å². The number of hydrogen-bond acceptors (Lipinski definition) is 5. The van der Waals surface area contributed by atoms with Gasteiger partial charge in [0.15, 0.2) is 11.6 Å². The number of ketones is 2. The van der Waals surface area contributed by atoms with Crippen molar-refractivity contribution in [1.29, 1.82) is 5.26 Å². The Labute approximate surface area is 141 Å². The molecule has 122 valence electrons. The van der Waals surface area contributed by atoms with Gasteiger partial charge in [-0.15, -0.1) is 0 Å². The summed E-state index contributed by atoms with van der Waals surface area (Å²) in [5, 5.41) is 8.69. The van der Waals surface area contributed by atoms with Gasteiger partial charge < -0.3 is 0 Å². The van der Waals surface area contributed by atoms with Crippen molar-refractivity contribution in [3.8, 4) is 6.07 Å². The molecule has 0 aliphatic carbocycles. The Kier molecular flexibility index (Phi) is 6.32. The van der Waals surface area contributed by atoms with E-state index < -0.39 is 0 Å². The molecular formula is C19H19N3O2. The molecule has 0 amide bonds. The summed E-state index contributed by atoms with van der Waals surface area (Å²) in [5.41, 5.74) is 2.51. The summed E-state index contributed by atoms with van der Waals surface area (Å²) in [4.78, 5) is 32.8. The Morgan fingerprint density at radius 3 is 2.33 bits per heavy atom. The van der Waals surface area contributed by atoms with Crippen LogP contribution in [0.15, 0.2) is 36.7 Å². The topological polar surface area (TPSA) is 83.7 Å². The zero-order chi connectivity index (χ0) is 17.4. The highest BCUT2D eigenvalue weighted by atomic mass is 16.1. The van der Waals surface area contributed by atoms with Crippen LogP contribution in [0.2, 0.25) is 0 Å². The SMILES string of the molecule is Cc1cccnc1C(=O)CCCC(=O)c1ncccc1CCC#N. The van der Waals surface area contributed by atoms with Gasteiger partial charge in [-0.2, -0.15) is 5.26 Å². The first-order valence-corrected chi connectivity index (χ1v) is 7.92. The van der Waals surface area contributed by atoms with E-state index in [1.165, 1.54) is 0 Å². The van der Waals surface area contributed by atoms with Crippen molar-refractivity contribution in [3.05, 3.63) is 59.2 Å². The van der Waals surface area contributed by atoms with Crippen LogP contribution in [0, 0.1) is 18.3 Å². The fourth-order valence-electron chi connectivity index (χ4n) is 2.51. The predicted octanol–water partition coefficient (Wildman–Crippen LogP) is 3.48. The minimum atomic E-state index is -0.0888. The molecule has 0 saturated carbocycles. The summed E-state index contributed by atoms with van der Waals surface area (Å²) in [5.74, 6) is -0.138. The van der Waals surface area contributed by atoms with Gasteiger partial charge in [0, 0.05) is 31.7 Å². The molecule has 2 rings (SSSR count). The fourth-order valence-corrected chi connectivity index (χ4v) is 2.51. The zero-order valence-corrected chi connectivity index (χ0v) is 13.7. The molecule has 5 nitrogen and oxygen atoms in total. The molecule has 0 bridgehead atoms. The number of rotatable bonds is 8. The Bertz CT molecular complexity index is 778. The van der Waals surface area contributed by atoms with Crippen LogP contribution >= 0.6 is 0 Å². The average Bonchev–Trinajstić information content (AvgIpc) is 2.60. The Balaban J connectivity index is 1.93. The molecule has 0 aliphatic rings. The second-order valence-electron chi connectivity index (χ2n) is 5.54. The van der Waals surface area contributed by atoms with Crippen LogP contribution in [0.3, 0.4) is 0 Å². The van der Waals surface area contributed by atoms with E-state index in [1.807, 2.05) is 19.1 Å². The van der Waals surface area contributed by atoms with Gasteiger partial charge in [0.1, 0.15) is 11.4 Å². The molecule has 0 aromatic carbocycles. The van der Waals surface area contributed by atoms with E-state index in [0.717, 1.165) is 11.1 Å². The molecule has 0 fully saturated rings. The maximum Gasteiger partial charge on any atom is 0.181 e. The number of carbonyl (C=O) groups is 2. The maximum absolute atomic E-state index is 12.3. The van der Waals surface area contributed by atoms with Crippen LogP contribution in [-0.2, 0) is 6.42 Å². The molecule has 0 N–H and O–H groups in total. The smallest absolute Gasteiger partial charge is 0.181 e. The molecule has 0 atom stereocenters. The minimum Gasteiger partial charge on any atom is -0.292 e.